The minimum absolute atomic E-state index is 0.0394. The molecule has 0 aliphatic heterocycles. The van der Waals surface area contributed by atoms with E-state index in [1.165, 1.54) is 22.8 Å². The van der Waals surface area contributed by atoms with Gasteiger partial charge in [0.2, 0.25) is 10.0 Å². The van der Waals surface area contributed by atoms with Crippen molar-refractivity contribution < 1.29 is 26.0 Å². The summed E-state index contributed by atoms with van der Waals surface area (Å²) >= 11 is 6.07. The molecule has 0 fully saturated rings. The van der Waals surface area contributed by atoms with Gasteiger partial charge in [-0.15, -0.1) is 0 Å². The van der Waals surface area contributed by atoms with Gasteiger partial charge in [0.15, 0.2) is 0 Å². The quantitative estimate of drug-likeness (QED) is 0.275. The van der Waals surface area contributed by atoms with Crippen LogP contribution in [0.15, 0.2) is 53.6 Å². The molecule has 0 saturated carbocycles. The molecular weight excluding hydrogens is 522 g/mol. The zero-order valence-corrected chi connectivity index (χ0v) is 20.2. The number of nitrogens with zero attached hydrogens (tertiary/aromatic N) is 4. The van der Waals surface area contributed by atoms with Crippen molar-refractivity contribution in [3.05, 3.63) is 70.8 Å². The number of hydrogen-bond donors (Lipinski definition) is 1. The van der Waals surface area contributed by atoms with Crippen LogP contribution < -0.4 is 4.72 Å². The zero-order valence-electron chi connectivity index (χ0n) is 18.6. The third-order valence-electron chi connectivity index (χ3n) is 5.40. The van der Waals surface area contributed by atoms with Gasteiger partial charge >= 0.3 is 6.18 Å². The summed E-state index contributed by atoms with van der Waals surface area (Å²) in [6, 6.07) is 9.52. The van der Waals surface area contributed by atoms with Crippen LogP contribution in [-0.2, 0) is 10.0 Å². The number of rotatable bonds is 5. The number of sulfonamides is 1. The maximum absolute atomic E-state index is 14.4. The Bertz CT molecular complexity index is 1630. The largest absolute Gasteiger partial charge is 0.404 e. The van der Waals surface area contributed by atoms with Crippen molar-refractivity contribution in [1.82, 2.24) is 19.3 Å². The van der Waals surface area contributed by atoms with Crippen LogP contribution in [0.25, 0.3) is 28.1 Å². The van der Waals surface area contributed by atoms with Crippen molar-refractivity contribution in [2.24, 2.45) is 0 Å². The molecule has 0 aliphatic carbocycles. The van der Waals surface area contributed by atoms with Crippen molar-refractivity contribution >= 4 is 32.5 Å². The van der Waals surface area contributed by atoms with E-state index >= 15 is 0 Å². The molecule has 7 nitrogen and oxygen atoms in total. The van der Waals surface area contributed by atoms with Gasteiger partial charge in [0.1, 0.15) is 33.8 Å². The molecule has 0 aliphatic rings. The Balaban J connectivity index is 1.92. The minimum Gasteiger partial charge on any atom is -0.291 e. The molecule has 186 valence electrons. The summed E-state index contributed by atoms with van der Waals surface area (Å²) in [5.74, 6) is -0.254. The molecule has 0 unspecified atom stereocenters. The highest BCUT2D eigenvalue weighted by atomic mass is 35.5. The lowest BCUT2D eigenvalue weighted by molar-refractivity contribution is -0.147. The van der Waals surface area contributed by atoms with Crippen molar-refractivity contribution in [3.8, 4) is 23.3 Å². The fourth-order valence-corrected chi connectivity index (χ4v) is 4.91. The monoisotopic (exact) mass is 537 g/mol. The first-order valence-electron chi connectivity index (χ1n) is 10.3. The normalized spacial score (nSPS) is 13.1. The highest BCUT2D eigenvalue weighted by molar-refractivity contribution is 7.89. The average molecular weight is 538 g/mol. The Morgan fingerprint density at radius 3 is 2.50 bits per heavy atom. The van der Waals surface area contributed by atoms with E-state index in [4.69, 9.17) is 11.6 Å². The summed E-state index contributed by atoms with van der Waals surface area (Å²) in [5.41, 5.74) is 1.05. The molecule has 4 rings (SSSR count). The van der Waals surface area contributed by atoms with Gasteiger partial charge in [-0.3, -0.25) is 9.55 Å². The number of alkyl halides is 3. The molecule has 4 aromatic rings. The number of benzene rings is 1. The van der Waals surface area contributed by atoms with Gasteiger partial charge in [-0.1, -0.05) is 17.7 Å². The van der Waals surface area contributed by atoms with Crippen LogP contribution in [0.1, 0.15) is 18.1 Å². The van der Waals surface area contributed by atoms with Crippen molar-refractivity contribution in [2.75, 3.05) is 0 Å². The molecule has 0 amide bonds. The number of hydrogen-bond acceptors (Lipinski definition) is 5. The van der Waals surface area contributed by atoms with Gasteiger partial charge in [-0.05, 0) is 55.8 Å². The van der Waals surface area contributed by atoms with Gasteiger partial charge in [0.05, 0.1) is 22.5 Å². The number of fused-ring (bicyclic) bond motifs is 1. The van der Waals surface area contributed by atoms with Crippen LogP contribution in [0.3, 0.4) is 0 Å². The second kappa shape index (κ2) is 9.16. The second-order valence-electron chi connectivity index (χ2n) is 7.87. The Kier molecular flexibility index (Phi) is 6.51. The standard InChI is InChI=1S/C23H16ClF4N5O2S/c1-12-8-19-15(9-17(12)25)16(10-29)22(33(19)21-5-3-4-20(24)31-21)18-7-6-14(11-30-18)36(34,35)32-13(2)23(26,27)28/h3-9,11,13,32H,1-2H3/t13-/m0/s1. The summed E-state index contributed by atoms with van der Waals surface area (Å²) in [6.45, 7) is 2.23. The van der Waals surface area contributed by atoms with E-state index in [0.29, 0.717) is 18.0 Å². The van der Waals surface area contributed by atoms with Crippen LogP contribution >= 0.6 is 11.6 Å². The summed E-state index contributed by atoms with van der Waals surface area (Å²) in [6.07, 6.45) is -3.90. The highest BCUT2D eigenvalue weighted by Gasteiger charge is 2.39. The van der Waals surface area contributed by atoms with Crippen LogP contribution in [-0.4, -0.2) is 35.2 Å². The fraction of sp³-hybridized carbons (Fsp3) is 0.174. The molecule has 0 bridgehead atoms. The van der Waals surface area contributed by atoms with Gasteiger partial charge in [-0.2, -0.15) is 23.2 Å². The minimum atomic E-state index is -4.78. The van der Waals surface area contributed by atoms with Crippen molar-refractivity contribution in [3.63, 3.8) is 0 Å². The maximum atomic E-state index is 14.4. The van der Waals surface area contributed by atoms with Crippen LogP contribution in [0, 0.1) is 24.1 Å². The van der Waals surface area contributed by atoms with Crippen molar-refractivity contribution in [1.29, 1.82) is 5.26 Å². The molecule has 3 heterocycles. The molecule has 1 aromatic carbocycles. The predicted octanol–water partition coefficient (Wildman–Crippen LogP) is 5.29. The lowest BCUT2D eigenvalue weighted by atomic mass is 10.1. The average Bonchev–Trinajstić information content (AvgIpc) is 3.11. The van der Waals surface area contributed by atoms with Gasteiger partial charge in [-0.25, -0.2) is 17.8 Å². The number of pyridine rings is 2. The first-order valence-corrected chi connectivity index (χ1v) is 12.1. The predicted molar refractivity (Wildman–Crippen MR) is 125 cm³/mol. The molecule has 0 spiro atoms. The summed E-state index contributed by atoms with van der Waals surface area (Å²) in [7, 11) is -4.54. The molecule has 0 saturated heterocycles. The second-order valence-corrected chi connectivity index (χ2v) is 9.97. The molecule has 1 atom stereocenters. The van der Waals surface area contributed by atoms with Crippen LogP contribution in [0.5, 0.6) is 0 Å². The Morgan fingerprint density at radius 1 is 1.19 bits per heavy atom. The molecule has 36 heavy (non-hydrogen) atoms. The van der Waals surface area contributed by atoms with E-state index in [-0.39, 0.29) is 33.3 Å². The van der Waals surface area contributed by atoms with E-state index in [1.54, 1.807) is 29.8 Å². The van der Waals surface area contributed by atoms with Crippen LogP contribution in [0.2, 0.25) is 5.15 Å². The Labute approximate surface area is 208 Å². The summed E-state index contributed by atoms with van der Waals surface area (Å²) in [4.78, 5) is 7.88. The van der Waals surface area contributed by atoms with Gasteiger partial charge in [0, 0.05) is 11.6 Å². The van der Waals surface area contributed by atoms with Gasteiger partial charge < -0.3 is 0 Å². The molecule has 3 aromatic heterocycles. The number of aryl methyl sites for hydroxylation is 1. The Hall–Kier alpha value is -3.53. The third kappa shape index (κ3) is 4.65. The smallest absolute Gasteiger partial charge is 0.291 e. The van der Waals surface area contributed by atoms with E-state index in [9.17, 15) is 31.2 Å². The molecule has 0 radical (unpaired) electrons. The summed E-state index contributed by atoms with van der Waals surface area (Å²) in [5, 5.41) is 10.4. The van der Waals surface area contributed by atoms with Crippen molar-refractivity contribution in [2.45, 2.75) is 31.0 Å². The van der Waals surface area contributed by atoms with E-state index in [0.717, 1.165) is 12.3 Å². The Morgan fingerprint density at radius 2 is 1.92 bits per heavy atom. The van der Waals surface area contributed by atoms with E-state index in [2.05, 4.69) is 9.97 Å². The highest BCUT2D eigenvalue weighted by Crippen LogP contribution is 2.36. The number of nitriles is 1. The zero-order chi connectivity index (χ0) is 26.4. The molecule has 1 N–H and O–H groups in total. The van der Waals surface area contributed by atoms with E-state index in [1.807, 2.05) is 6.07 Å². The van der Waals surface area contributed by atoms with E-state index < -0.39 is 33.0 Å². The lowest BCUT2D eigenvalue weighted by Gasteiger charge is -2.17. The first-order chi connectivity index (χ1) is 16.8. The fourth-order valence-electron chi connectivity index (χ4n) is 3.57. The lowest BCUT2D eigenvalue weighted by Crippen LogP contribution is -2.42. The summed E-state index contributed by atoms with van der Waals surface area (Å²) < 4.78 is 80.9. The maximum Gasteiger partial charge on any atom is 0.404 e. The number of halogens is 5. The third-order valence-corrected chi connectivity index (χ3v) is 7.14. The number of aromatic nitrogens is 3. The van der Waals surface area contributed by atoms with Crippen LogP contribution in [0.4, 0.5) is 17.6 Å². The SMILES string of the molecule is Cc1cc2c(cc1F)c(C#N)c(-c1ccc(S(=O)(=O)N[C@@H](C)C(F)(F)F)cn1)n2-c1cccc(Cl)n1. The first kappa shape index (κ1) is 25.6. The molecule has 13 heteroatoms. The molecular formula is C23H16ClF4N5O2S. The number of nitrogens with one attached hydrogen (secondary N) is 1. The topological polar surface area (TPSA) is 101 Å². The van der Waals surface area contributed by atoms with Gasteiger partial charge in [0.25, 0.3) is 0 Å².